The van der Waals surface area contributed by atoms with Crippen molar-refractivity contribution in [3.05, 3.63) is 279 Å². The molecule has 15 aromatic rings. The predicted molar refractivity (Wildman–Crippen MR) is 333 cm³/mol. The Morgan fingerprint density at radius 1 is 0.128 bits per heavy atom. The van der Waals surface area contributed by atoms with E-state index < -0.39 is 0 Å². The summed E-state index contributed by atoms with van der Waals surface area (Å²) in [6, 6.07) is 105. The van der Waals surface area contributed by atoms with Gasteiger partial charge in [0.2, 0.25) is 0 Å². The Morgan fingerprint density at radius 3 is 0.744 bits per heavy atom. The van der Waals surface area contributed by atoms with E-state index in [0.717, 1.165) is 0 Å². The molecule has 0 radical (unpaired) electrons. The second kappa shape index (κ2) is 16.7. The largest absolute Gasteiger partial charge is 0.0622 e. The fourth-order valence-electron chi connectivity index (χ4n) is 14.2. The number of benzene rings is 15. The Kier molecular flexibility index (Phi) is 9.22. The first kappa shape index (κ1) is 43.1. The molecule has 0 aliphatic heterocycles. The fraction of sp³-hybridized carbons (Fsp3) is 0. The molecule has 15 aromatic carbocycles. The van der Waals surface area contributed by atoms with Gasteiger partial charge in [0.05, 0.1) is 0 Å². The summed E-state index contributed by atoms with van der Waals surface area (Å²) in [7, 11) is 0. The average Bonchev–Trinajstić information content (AvgIpc) is 4.08. The van der Waals surface area contributed by atoms with Gasteiger partial charge in [-0.1, -0.05) is 267 Å². The Balaban J connectivity index is 1.13. The summed E-state index contributed by atoms with van der Waals surface area (Å²) in [5.41, 5.74) is 25.1. The summed E-state index contributed by atoms with van der Waals surface area (Å²) in [6.07, 6.45) is 0. The van der Waals surface area contributed by atoms with Crippen molar-refractivity contribution in [2.24, 2.45) is 0 Å². The summed E-state index contributed by atoms with van der Waals surface area (Å²) >= 11 is 0. The summed E-state index contributed by atoms with van der Waals surface area (Å²) in [5.74, 6) is 0. The van der Waals surface area contributed by atoms with Crippen LogP contribution in [0.15, 0.2) is 279 Å². The van der Waals surface area contributed by atoms with Crippen LogP contribution in [0.1, 0.15) is 0 Å². The normalized spacial score (nSPS) is 12.1. The molecule has 0 N–H and O–H groups in total. The van der Waals surface area contributed by atoms with Crippen LogP contribution < -0.4 is 0 Å². The SMILES string of the molecule is c1ccc(-c2ccc(-c3ccccc3)c3c(-c4ccccc4)c4c(cc23)-c2c3c-4ccc4c3c(c3c5ccccc5c5ccccc5c23)-c2cc3c(-c5ccccc5)ccc(-c5ccccc5)c3c(-c3ccccc3)c2-4)cc1. The van der Waals surface area contributed by atoms with Crippen LogP contribution in [0.2, 0.25) is 0 Å². The van der Waals surface area contributed by atoms with Crippen LogP contribution >= 0.6 is 0 Å². The van der Waals surface area contributed by atoms with Crippen molar-refractivity contribution in [3.63, 3.8) is 0 Å². The molecule has 0 nitrogen and oxygen atoms in total. The summed E-state index contributed by atoms with van der Waals surface area (Å²) in [6.45, 7) is 0. The molecule has 2 aliphatic rings. The number of fused-ring (bicyclic) bond motifs is 16. The van der Waals surface area contributed by atoms with Crippen LogP contribution in [0.3, 0.4) is 0 Å². The lowest BCUT2D eigenvalue weighted by molar-refractivity contribution is 1.60. The molecular weight excluding hydrogens is 937 g/mol. The van der Waals surface area contributed by atoms with E-state index in [1.54, 1.807) is 0 Å². The monoisotopic (exact) mass is 982 g/mol. The van der Waals surface area contributed by atoms with Gasteiger partial charge < -0.3 is 0 Å². The molecule has 0 saturated carbocycles. The lowest BCUT2D eigenvalue weighted by Crippen LogP contribution is -1.95. The van der Waals surface area contributed by atoms with Gasteiger partial charge in [-0.25, -0.2) is 0 Å². The first-order valence-electron chi connectivity index (χ1n) is 27.3. The zero-order valence-electron chi connectivity index (χ0n) is 42.6. The van der Waals surface area contributed by atoms with Crippen molar-refractivity contribution >= 4 is 64.6 Å². The second-order valence-electron chi connectivity index (χ2n) is 21.2. The minimum atomic E-state index is 1.21. The van der Waals surface area contributed by atoms with Gasteiger partial charge in [-0.2, -0.15) is 0 Å². The summed E-state index contributed by atoms with van der Waals surface area (Å²) < 4.78 is 0. The topological polar surface area (TPSA) is 0 Å². The van der Waals surface area contributed by atoms with E-state index in [2.05, 4.69) is 279 Å². The second-order valence-corrected chi connectivity index (χ2v) is 21.2. The van der Waals surface area contributed by atoms with Gasteiger partial charge in [-0.05, 0) is 188 Å². The maximum atomic E-state index is 2.59. The van der Waals surface area contributed by atoms with Gasteiger partial charge in [0, 0.05) is 0 Å². The van der Waals surface area contributed by atoms with E-state index in [9.17, 15) is 0 Å². The molecule has 17 rings (SSSR count). The molecule has 0 heterocycles. The van der Waals surface area contributed by atoms with Gasteiger partial charge in [0.1, 0.15) is 0 Å². The molecule has 0 bridgehead atoms. The first-order chi connectivity index (χ1) is 38.8. The van der Waals surface area contributed by atoms with Crippen molar-refractivity contribution in [1.29, 1.82) is 0 Å². The highest BCUT2D eigenvalue weighted by atomic mass is 14.4. The number of hydrogen-bond acceptors (Lipinski definition) is 0. The van der Waals surface area contributed by atoms with Gasteiger partial charge in [-0.3, -0.25) is 0 Å². The molecule has 0 unspecified atom stereocenters. The standard InChI is InChI=1S/C78H46/c1-7-23-47(24-8-1)53-39-41-55(49-27-11-3-12-28-49)69-63(53)45-65-71(67(69)51-31-15-5-16-32-51)61-43-44-62-72-66(78-74-60-38-22-20-36-58(60)57-35-19-21-37-59(57)73(74)77(65)75(61)76(62)78)46-64-54(48-25-9-2-10-26-48)40-42-56(50-29-13-4-14-30-50)70(64)68(72)52-33-17-6-18-34-52/h1-46H. The fourth-order valence-corrected chi connectivity index (χ4v) is 14.2. The summed E-state index contributed by atoms with van der Waals surface area (Å²) in [5, 5.41) is 15.5. The minimum absolute atomic E-state index is 1.21. The minimum Gasteiger partial charge on any atom is -0.0622 e. The highest BCUT2D eigenvalue weighted by Crippen LogP contribution is 2.66. The van der Waals surface area contributed by atoms with Crippen LogP contribution in [-0.2, 0) is 0 Å². The zero-order valence-corrected chi connectivity index (χ0v) is 42.6. The van der Waals surface area contributed by atoms with Crippen molar-refractivity contribution in [1.82, 2.24) is 0 Å². The van der Waals surface area contributed by atoms with E-state index in [1.807, 2.05) is 0 Å². The Labute approximate surface area is 452 Å². The quantitative estimate of drug-likeness (QED) is 0.115. The van der Waals surface area contributed by atoms with E-state index in [4.69, 9.17) is 0 Å². The molecule has 358 valence electrons. The highest BCUT2D eigenvalue weighted by molar-refractivity contribution is 6.45. The van der Waals surface area contributed by atoms with Crippen LogP contribution in [0.4, 0.5) is 0 Å². The van der Waals surface area contributed by atoms with Gasteiger partial charge in [-0.15, -0.1) is 0 Å². The molecule has 0 spiro atoms. The predicted octanol–water partition coefficient (Wildman–Crippen LogP) is 21.9. The van der Waals surface area contributed by atoms with Gasteiger partial charge in [0.25, 0.3) is 0 Å². The van der Waals surface area contributed by atoms with E-state index >= 15 is 0 Å². The third kappa shape index (κ3) is 6.00. The van der Waals surface area contributed by atoms with Gasteiger partial charge >= 0.3 is 0 Å². The highest BCUT2D eigenvalue weighted by Gasteiger charge is 2.38. The Bertz CT molecular complexity index is 4680. The van der Waals surface area contributed by atoms with E-state index in [0.29, 0.717) is 0 Å². The van der Waals surface area contributed by atoms with Crippen molar-refractivity contribution in [2.45, 2.75) is 0 Å². The third-order valence-corrected chi connectivity index (χ3v) is 17.3. The molecule has 78 heavy (non-hydrogen) atoms. The van der Waals surface area contributed by atoms with Crippen molar-refractivity contribution < 1.29 is 0 Å². The zero-order chi connectivity index (χ0) is 51.0. The molecule has 0 aromatic heterocycles. The maximum absolute atomic E-state index is 2.59. The summed E-state index contributed by atoms with van der Waals surface area (Å²) in [4.78, 5) is 0. The first-order valence-corrected chi connectivity index (χ1v) is 27.3. The molecule has 0 amide bonds. The Morgan fingerprint density at radius 2 is 0.397 bits per heavy atom. The van der Waals surface area contributed by atoms with Crippen LogP contribution in [-0.4, -0.2) is 0 Å². The molecule has 0 saturated heterocycles. The van der Waals surface area contributed by atoms with Crippen molar-refractivity contribution in [3.8, 4) is 111 Å². The van der Waals surface area contributed by atoms with E-state index in [-0.39, 0.29) is 0 Å². The third-order valence-electron chi connectivity index (χ3n) is 17.3. The maximum Gasteiger partial charge on any atom is -0.000673 e. The van der Waals surface area contributed by atoms with Crippen LogP contribution in [0.5, 0.6) is 0 Å². The molecule has 0 heteroatoms. The lowest BCUT2D eigenvalue weighted by atomic mass is 9.80. The van der Waals surface area contributed by atoms with Gasteiger partial charge in [0.15, 0.2) is 0 Å². The molecular formula is C78H46. The van der Waals surface area contributed by atoms with Crippen LogP contribution in [0.25, 0.3) is 176 Å². The smallest absolute Gasteiger partial charge is 0.000673 e. The number of hydrogen-bond donors (Lipinski definition) is 0. The average molecular weight is 983 g/mol. The van der Waals surface area contributed by atoms with E-state index in [1.165, 1.54) is 176 Å². The van der Waals surface area contributed by atoms with Crippen molar-refractivity contribution in [2.75, 3.05) is 0 Å². The van der Waals surface area contributed by atoms with Crippen LogP contribution in [0, 0.1) is 0 Å². The molecule has 0 fully saturated rings. The molecule has 2 aliphatic carbocycles. The molecule has 0 atom stereocenters. The number of rotatable bonds is 6. The lowest BCUT2D eigenvalue weighted by Gasteiger charge is -2.22. The Hall–Kier alpha value is -10.1.